The standard InChI is InChI=1S/C10H16N5O14P3/c11-9-13-5-3(6(17)14-9)12-8-10(18)2(27-7(4(10)16)15(5)8)1-26-31(22,23)29-32(24,25)28-30(19,20)21/h2,4,7-8,12,16,18H,1H2,(H,22,23)(H,24,25)(H2,19,20,21)(H3,11,13,14,17)/p-4/t2-,4+,7-,8+,10+/m1/s1. The molecule has 2 fully saturated rings. The zero-order valence-electron chi connectivity index (χ0n) is 15.1. The zero-order valence-corrected chi connectivity index (χ0v) is 17.8. The van der Waals surface area contributed by atoms with Gasteiger partial charge in [0.25, 0.3) is 21.2 Å². The summed E-state index contributed by atoms with van der Waals surface area (Å²) in [6.45, 7) is -1.13. The van der Waals surface area contributed by atoms with Crippen molar-refractivity contribution in [3.8, 4) is 0 Å². The molecule has 7 atom stereocenters. The molecule has 2 unspecified atom stereocenters. The fourth-order valence-electron chi connectivity index (χ4n) is 3.67. The topological polar surface area (TPSA) is 308 Å². The second kappa shape index (κ2) is 7.28. The number of ether oxygens (including phenoxy) is 1. The molecule has 6 N–H and O–H groups in total. The predicted molar refractivity (Wildman–Crippen MR) is 89.7 cm³/mol. The fraction of sp³-hybridized carbons (Fsp3) is 0.600. The van der Waals surface area contributed by atoms with Crippen molar-refractivity contribution in [3.05, 3.63) is 10.4 Å². The molecule has 1 aromatic rings. The molecule has 2 saturated heterocycles. The van der Waals surface area contributed by atoms with Gasteiger partial charge >= 0.3 is 0 Å². The number of nitrogen functional groups attached to an aromatic ring is 1. The Kier molecular flexibility index (Phi) is 5.40. The lowest BCUT2D eigenvalue weighted by atomic mass is 9.92. The van der Waals surface area contributed by atoms with E-state index in [1.807, 2.05) is 0 Å². The quantitative estimate of drug-likeness (QED) is 0.210. The first-order chi connectivity index (χ1) is 14.5. The summed E-state index contributed by atoms with van der Waals surface area (Å²) in [5.74, 6) is -0.327. The number of nitrogens with one attached hydrogen (secondary N) is 2. The molecule has 2 bridgehead atoms. The average molecular weight is 519 g/mol. The van der Waals surface area contributed by atoms with Gasteiger partial charge in [-0.05, 0) is 0 Å². The molecule has 0 amide bonds. The highest BCUT2D eigenvalue weighted by Crippen LogP contribution is 2.61. The molecule has 22 heteroatoms. The van der Waals surface area contributed by atoms with Crippen LogP contribution in [0, 0.1) is 0 Å². The molecule has 3 aliphatic rings. The van der Waals surface area contributed by atoms with Gasteiger partial charge in [0, 0.05) is 0 Å². The maximum absolute atomic E-state index is 12.1. The third-order valence-corrected chi connectivity index (χ3v) is 8.45. The Morgan fingerprint density at radius 1 is 1.22 bits per heavy atom. The third kappa shape index (κ3) is 3.91. The lowest BCUT2D eigenvalue weighted by molar-refractivity contribution is -0.339. The van der Waals surface area contributed by atoms with E-state index in [0.29, 0.717) is 0 Å². The van der Waals surface area contributed by atoms with Crippen LogP contribution in [0.2, 0.25) is 0 Å². The molecule has 0 radical (unpaired) electrons. The van der Waals surface area contributed by atoms with E-state index < -0.39 is 65.8 Å². The van der Waals surface area contributed by atoms with Gasteiger partial charge in [-0.25, -0.2) is 4.31 Å². The first-order valence-corrected chi connectivity index (χ1v) is 12.6. The molecule has 4 rings (SSSR count). The first-order valence-electron chi connectivity index (χ1n) is 8.26. The summed E-state index contributed by atoms with van der Waals surface area (Å²) in [6.07, 6.45) is -5.93. The molecule has 1 aromatic heterocycles. The summed E-state index contributed by atoms with van der Waals surface area (Å²) in [5.41, 5.74) is 2.35. The van der Waals surface area contributed by atoms with Gasteiger partial charge in [-0.15, -0.1) is 0 Å². The third-order valence-electron chi connectivity index (χ3n) is 4.78. The second-order valence-corrected chi connectivity index (χ2v) is 11.0. The number of aromatic nitrogens is 2. The molecular formula is C10H12N5O14P3-4. The van der Waals surface area contributed by atoms with E-state index in [4.69, 9.17) is 10.5 Å². The Morgan fingerprint density at radius 2 is 1.88 bits per heavy atom. The van der Waals surface area contributed by atoms with Crippen LogP contribution in [0.15, 0.2) is 4.79 Å². The van der Waals surface area contributed by atoms with Crippen molar-refractivity contribution in [1.82, 2.24) is 9.97 Å². The van der Waals surface area contributed by atoms with Gasteiger partial charge in [0.05, 0.1) is 14.4 Å². The normalized spacial score (nSPS) is 34.5. The summed E-state index contributed by atoms with van der Waals surface area (Å²) < 4.78 is 49.4. The number of hydrogen-bond acceptors (Lipinski definition) is 18. The maximum Gasteiger partial charge on any atom is 0.278 e. The van der Waals surface area contributed by atoms with Crippen LogP contribution in [0.4, 0.5) is 17.5 Å². The highest BCUT2D eigenvalue weighted by atomic mass is 31.3. The first kappa shape index (κ1) is 23.7. The molecule has 0 spiro atoms. The number of H-pyrrole nitrogens is 1. The van der Waals surface area contributed by atoms with E-state index in [1.54, 1.807) is 0 Å². The minimum absolute atomic E-state index is 0.0579. The van der Waals surface area contributed by atoms with E-state index >= 15 is 0 Å². The zero-order chi connectivity index (χ0) is 23.9. The minimum Gasteiger partial charge on any atom is -0.790 e. The van der Waals surface area contributed by atoms with Crippen LogP contribution in [0.1, 0.15) is 0 Å². The summed E-state index contributed by atoms with van der Waals surface area (Å²) in [7, 11) is -18.2. The van der Waals surface area contributed by atoms with Crippen molar-refractivity contribution >= 4 is 40.9 Å². The fourth-order valence-corrected chi connectivity index (χ4v) is 6.52. The molecule has 3 aliphatic heterocycles. The number of phosphoric acid groups is 3. The van der Waals surface area contributed by atoms with Gasteiger partial charge in [0.1, 0.15) is 24.1 Å². The van der Waals surface area contributed by atoms with E-state index in [0.717, 1.165) is 0 Å². The van der Waals surface area contributed by atoms with Gasteiger partial charge in [0.2, 0.25) is 5.95 Å². The summed E-state index contributed by atoms with van der Waals surface area (Å²) >= 11 is 0. The van der Waals surface area contributed by atoms with E-state index in [2.05, 4.69) is 28.4 Å². The number of aliphatic hydroxyl groups is 2. The Labute approximate surface area is 176 Å². The molecule has 0 aromatic carbocycles. The lowest BCUT2D eigenvalue weighted by Crippen LogP contribution is -2.61. The van der Waals surface area contributed by atoms with Gasteiger partial charge in [-0.3, -0.25) is 23.2 Å². The number of anilines is 3. The summed E-state index contributed by atoms with van der Waals surface area (Å²) in [4.78, 5) is 63.0. The van der Waals surface area contributed by atoms with Crippen molar-refractivity contribution < 1.29 is 61.4 Å². The maximum atomic E-state index is 12.1. The number of fused-ring (bicyclic) bond motifs is 7. The molecular weight excluding hydrogens is 507 g/mol. The Bertz CT molecular complexity index is 1150. The average Bonchev–Trinajstić information content (AvgIpc) is 3.15. The number of hydrogen-bond donors (Lipinski definition) is 5. The largest absolute Gasteiger partial charge is 0.790 e. The van der Waals surface area contributed by atoms with Gasteiger partial charge < -0.3 is 59.6 Å². The number of nitrogens with two attached hydrogens (primary N) is 1. The number of aliphatic hydroxyl groups excluding tert-OH is 1. The van der Waals surface area contributed by atoms with E-state index in [-0.39, 0.29) is 17.5 Å². The van der Waals surface area contributed by atoms with Crippen LogP contribution in [-0.2, 0) is 31.6 Å². The van der Waals surface area contributed by atoms with Crippen LogP contribution in [-0.4, -0.2) is 57.0 Å². The van der Waals surface area contributed by atoms with Crippen LogP contribution in [0.3, 0.4) is 0 Å². The van der Waals surface area contributed by atoms with Crippen molar-refractivity contribution in [3.63, 3.8) is 0 Å². The highest BCUT2D eigenvalue weighted by Gasteiger charge is 2.72. The predicted octanol–water partition coefficient (Wildman–Crippen LogP) is -5.44. The van der Waals surface area contributed by atoms with Crippen LogP contribution >= 0.6 is 23.5 Å². The Balaban J connectivity index is 1.50. The molecule has 4 heterocycles. The van der Waals surface area contributed by atoms with Gasteiger partial charge in [-0.2, -0.15) is 4.98 Å². The van der Waals surface area contributed by atoms with Crippen molar-refractivity contribution in [2.45, 2.75) is 30.2 Å². The SMILES string of the molecule is Nc1nc2c(c(=O)[nH]1)N[C@H]1N2[C@@H]2O[C@H](COP(=O)([O-])OP(=O)([O-])OP(=O)([O-])[O-])[C@]1(O)[C@H]2O. The Hall–Kier alpha value is -1.43. The summed E-state index contributed by atoms with van der Waals surface area (Å²) in [6, 6.07) is 0. The minimum atomic E-state index is -6.18. The number of nitrogens with zero attached hydrogens (tertiary/aromatic N) is 2. The van der Waals surface area contributed by atoms with E-state index in [1.165, 1.54) is 4.90 Å². The van der Waals surface area contributed by atoms with Crippen LogP contribution in [0.5, 0.6) is 0 Å². The molecule has 32 heavy (non-hydrogen) atoms. The van der Waals surface area contributed by atoms with Gasteiger partial charge in [0.15, 0.2) is 17.6 Å². The number of phosphoric ester groups is 1. The highest BCUT2D eigenvalue weighted by molar-refractivity contribution is 7.64. The Morgan fingerprint density at radius 3 is 2.50 bits per heavy atom. The van der Waals surface area contributed by atoms with Crippen molar-refractivity contribution in [2.24, 2.45) is 0 Å². The second-order valence-electron chi connectivity index (χ2n) is 6.75. The lowest BCUT2D eigenvalue weighted by Gasteiger charge is -2.40. The van der Waals surface area contributed by atoms with Crippen molar-refractivity contribution in [2.75, 3.05) is 22.6 Å². The molecule has 0 saturated carbocycles. The van der Waals surface area contributed by atoms with Crippen LogP contribution < -0.4 is 41.1 Å². The molecule has 0 aliphatic carbocycles. The van der Waals surface area contributed by atoms with Crippen LogP contribution in [0.25, 0.3) is 0 Å². The van der Waals surface area contributed by atoms with Crippen molar-refractivity contribution in [1.29, 1.82) is 0 Å². The number of rotatable bonds is 7. The smallest absolute Gasteiger partial charge is 0.278 e. The number of aromatic amines is 1. The molecule has 19 nitrogen and oxygen atoms in total. The monoisotopic (exact) mass is 519 g/mol. The van der Waals surface area contributed by atoms with E-state index in [9.17, 15) is 48.3 Å². The van der Waals surface area contributed by atoms with Gasteiger partial charge in [-0.1, -0.05) is 0 Å². The molecule has 180 valence electrons. The summed E-state index contributed by atoms with van der Waals surface area (Å²) in [5, 5.41) is 24.1.